The van der Waals surface area contributed by atoms with E-state index in [0.29, 0.717) is 6.42 Å². The van der Waals surface area contributed by atoms with Crippen LogP contribution in [-0.2, 0) is 6.42 Å². The molecule has 0 saturated heterocycles. The summed E-state index contributed by atoms with van der Waals surface area (Å²) in [5.41, 5.74) is -0.977. The number of halogens is 1. The number of phenolic OH excluding ortho intramolecular Hbond substituents is 1. The number of aromatic hydroxyl groups is 1. The van der Waals surface area contributed by atoms with Gasteiger partial charge >= 0.3 is 5.63 Å². The van der Waals surface area contributed by atoms with E-state index in [4.69, 9.17) is 9.15 Å². The van der Waals surface area contributed by atoms with E-state index < -0.39 is 11.4 Å². The Balaban J connectivity index is 2.42. The second kappa shape index (κ2) is 5.12. The number of carbonyl (C=O) groups excluding carboxylic acids is 1. The molecule has 1 aromatic carbocycles. The lowest BCUT2D eigenvalue weighted by molar-refractivity contribution is 0.0867. The summed E-state index contributed by atoms with van der Waals surface area (Å²) in [4.78, 5) is 23.8. The Morgan fingerprint density at radius 2 is 2.14 bits per heavy atom. The van der Waals surface area contributed by atoms with Crippen molar-refractivity contribution in [3.8, 4) is 11.5 Å². The van der Waals surface area contributed by atoms with Crippen LogP contribution in [0.5, 0.6) is 11.5 Å². The van der Waals surface area contributed by atoms with Crippen molar-refractivity contribution in [3.05, 3.63) is 33.4 Å². The summed E-state index contributed by atoms with van der Waals surface area (Å²) in [6.45, 7) is 3.55. The Kier molecular flexibility index (Phi) is 3.39. The molecule has 3 rings (SSSR count). The summed E-state index contributed by atoms with van der Waals surface area (Å²) in [7, 11) is 0. The number of aryl methyl sites for hydroxylation is 1. The van der Waals surface area contributed by atoms with E-state index in [1.54, 1.807) is 6.92 Å². The first-order valence-corrected chi connectivity index (χ1v) is 7.15. The standard InChI is InChI=1S/C16H15FO5/c1-3-4-8-12-10(22-16(20)14(8)17)6-11-13(15(12)19)9(18)5-7(2)21-11/h6-7,19H,3-5H2,1-2H3. The zero-order valence-electron chi connectivity index (χ0n) is 12.2. The molecule has 0 radical (unpaired) electrons. The highest BCUT2D eigenvalue weighted by molar-refractivity contribution is 6.08. The van der Waals surface area contributed by atoms with Gasteiger partial charge in [0.1, 0.15) is 28.7 Å². The van der Waals surface area contributed by atoms with Crippen LogP contribution in [0.25, 0.3) is 11.0 Å². The summed E-state index contributed by atoms with van der Waals surface area (Å²) in [5, 5.41) is 10.5. The second-order valence-electron chi connectivity index (χ2n) is 5.46. The fourth-order valence-corrected chi connectivity index (χ4v) is 2.84. The summed E-state index contributed by atoms with van der Waals surface area (Å²) in [6.07, 6.45) is 0.632. The van der Waals surface area contributed by atoms with E-state index in [1.807, 2.05) is 6.92 Å². The number of rotatable bonds is 2. The molecule has 0 aliphatic carbocycles. The number of hydrogen-bond acceptors (Lipinski definition) is 5. The number of phenols is 1. The van der Waals surface area contributed by atoms with Crippen molar-refractivity contribution in [1.82, 2.24) is 0 Å². The molecule has 1 aromatic heterocycles. The predicted molar refractivity (Wildman–Crippen MR) is 77.1 cm³/mol. The summed E-state index contributed by atoms with van der Waals surface area (Å²) < 4.78 is 24.5. The van der Waals surface area contributed by atoms with E-state index in [0.717, 1.165) is 0 Å². The molecule has 0 saturated carbocycles. The van der Waals surface area contributed by atoms with Gasteiger partial charge in [-0.2, -0.15) is 4.39 Å². The fourth-order valence-electron chi connectivity index (χ4n) is 2.84. The molecular formula is C16H15FO5. The molecule has 5 nitrogen and oxygen atoms in total. The van der Waals surface area contributed by atoms with E-state index in [2.05, 4.69) is 0 Å². The molecular weight excluding hydrogens is 291 g/mol. The summed E-state index contributed by atoms with van der Waals surface area (Å²) in [6, 6.07) is 1.37. The monoisotopic (exact) mass is 306 g/mol. The maximum atomic E-state index is 14.1. The van der Waals surface area contributed by atoms with Crippen LogP contribution < -0.4 is 10.4 Å². The number of ether oxygens (including phenoxy) is 1. The molecule has 0 spiro atoms. The minimum absolute atomic E-state index is 0.0213. The first-order chi connectivity index (χ1) is 10.4. The van der Waals surface area contributed by atoms with Crippen molar-refractivity contribution in [1.29, 1.82) is 0 Å². The van der Waals surface area contributed by atoms with Gasteiger partial charge in [0, 0.05) is 18.1 Å². The van der Waals surface area contributed by atoms with Gasteiger partial charge in [0.15, 0.2) is 5.78 Å². The number of benzene rings is 1. The van der Waals surface area contributed by atoms with Crippen molar-refractivity contribution >= 4 is 16.8 Å². The molecule has 22 heavy (non-hydrogen) atoms. The fraction of sp³-hybridized carbons (Fsp3) is 0.375. The Morgan fingerprint density at radius 3 is 2.82 bits per heavy atom. The minimum atomic E-state index is -1.09. The van der Waals surface area contributed by atoms with Gasteiger partial charge in [-0.1, -0.05) is 13.3 Å². The van der Waals surface area contributed by atoms with Crippen molar-refractivity contribution in [2.45, 2.75) is 39.2 Å². The number of fused-ring (bicyclic) bond motifs is 2. The van der Waals surface area contributed by atoms with Crippen molar-refractivity contribution in [3.63, 3.8) is 0 Å². The number of carbonyl (C=O) groups is 1. The van der Waals surface area contributed by atoms with Crippen LogP contribution >= 0.6 is 0 Å². The lowest BCUT2D eigenvalue weighted by Gasteiger charge is -2.23. The zero-order chi connectivity index (χ0) is 16.0. The third kappa shape index (κ3) is 2.06. The Bertz CT molecular complexity index is 837. The molecule has 6 heteroatoms. The van der Waals surface area contributed by atoms with E-state index in [9.17, 15) is 19.1 Å². The molecule has 2 heterocycles. The number of Topliss-reactive ketones (excluding diaryl/α,β-unsaturated/α-hetero) is 1. The smallest absolute Gasteiger partial charge is 0.372 e. The minimum Gasteiger partial charge on any atom is -0.506 e. The molecule has 1 atom stereocenters. The summed E-state index contributed by atoms with van der Waals surface area (Å²) in [5.74, 6) is -1.52. The van der Waals surface area contributed by atoms with Crippen molar-refractivity contribution < 1.29 is 23.4 Å². The van der Waals surface area contributed by atoms with Crippen LogP contribution in [0, 0.1) is 5.82 Å². The molecule has 0 fully saturated rings. The highest BCUT2D eigenvalue weighted by atomic mass is 19.1. The lowest BCUT2D eigenvalue weighted by atomic mass is 9.95. The normalized spacial score (nSPS) is 17.4. The van der Waals surface area contributed by atoms with Crippen LogP contribution in [-0.4, -0.2) is 17.0 Å². The molecule has 2 aromatic rings. The highest BCUT2D eigenvalue weighted by Gasteiger charge is 2.30. The van der Waals surface area contributed by atoms with E-state index in [-0.39, 0.29) is 58.3 Å². The SMILES string of the molecule is CCCc1c(F)c(=O)oc2cc3c(c(O)c12)C(=O)CC(C)O3. The predicted octanol–water partition coefficient (Wildman–Crippen LogP) is 2.94. The second-order valence-corrected chi connectivity index (χ2v) is 5.46. The van der Waals surface area contributed by atoms with Gasteiger partial charge in [0.25, 0.3) is 0 Å². The van der Waals surface area contributed by atoms with Crippen molar-refractivity contribution in [2.24, 2.45) is 0 Å². The van der Waals surface area contributed by atoms with Crippen LogP contribution in [0.15, 0.2) is 15.3 Å². The van der Waals surface area contributed by atoms with Gasteiger partial charge in [-0.05, 0) is 13.3 Å². The van der Waals surface area contributed by atoms with Gasteiger partial charge in [-0.15, -0.1) is 0 Å². The van der Waals surface area contributed by atoms with Gasteiger partial charge in [0.2, 0.25) is 5.82 Å². The highest BCUT2D eigenvalue weighted by Crippen LogP contribution is 2.41. The Hall–Kier alpha value is -2.37. The average Bonchev–Trinajstić information content (AvgIpc) is 2.43. The van der Waals surface area contributed by atoms with Gasteiger partial charge < -0.3 is 14.3 Å². The summed E-state index contributed by atoms with van der Waals surface area (Å²) >= 11 is 0. The van der Waals surface area contributed by atoms with Crippen LogP contribution in [0.2, 0.25) is 0 Å². The van der Waals surface area contributed by atoms with Gasteiger partial charge in [-0.3, -0.25) is 4.79 Å². The lowest BCUT2D eigenvalue weighted by Crippen LogP contribution is -2.24. The van der Waals surface area contributed by atoms with E-state index in [1.165, 1.54) is 6.07 Å². The first-order valence-electron chi connectivity index (χ1n) is 7.15. The van der Waals surface area contributed by atoms with Crippen LogP contribution in [0.3, 0.4) is 0 Å². The van der Waals surface area contributed by atoms with E-state index >= 15 is 0 Å². The van der Waals surface area contributed by atoms with Crippen molar-refractivity contribution in [2.75, 3.05) is 0 Å². The Labute approximate surface area is 125 Å². The molecule has 1 aliphatic rings. The third-order valence-electron chi connectivity index (χ3n) is 3.76. The Morgan fingerprint density at radius 1 is 1.41 bits per heavy atom. The third-order valence-corrected chi connectivity index (χ3v) is 3.76. The molecule has 0 amide bonds. The van der Waals surface area contributed by atoms with Crippen LogP contribution in [0.1, 0.15) is 42.6 Å². The molecule has 1 N–H and O–H groups in total. The number of hydrogen-bond donors (Lipinski definition) is 1. The zero-order valence-corrected chi connectivity index (χ0v) is 12.2. The first kappa shape index (κ1) is 14.6. The number of ketones is 1. The van der Waals surface area contributed by atoms with Crippen LogP contribution in [0.4, 0.5) is 4.39 Å². The molecule has 0 bridgehead atoms. The maximum absolute atomic E-state index is 14.1. The molecule has 1 aliphatic heterocycles. The topological polar surface area (TPSA) is 76.7 Å². The molecule has 116 valence electrons. The largest absolute Gasteiger partial charge is 0.506 e. The maximum Gasteiger partial charge on any atom is 0.372 e. The van der Waals surface area contributed by atoms with Gasteiger partial charge in [0.05, 0.1) is 5.39 Å². The quantitative estimate of drug-likeness (QED) is 0.863. The molecule has 1 unspecified atom stereocenters. The average molecular weight is 306 g/mol. The van der Waals surface area contributed by atoms with Gasteiger partial charge in [-0.25, -0.2) is 4.79 Å².